The fourth-order valence-electron chi connectivity index (χ4n) is 1.83. The Morgan fingerprint density at radius 1 is 1.44 bits per heavy atom. The smallest absolute Gasteiger partial charge is 0.137 e. The van der Waals surface area contributed by atoms with Crippen molar-refractivity contribution in [1.82, 2.24) is 0 Å². The summed E-state index contributed by atoms with van der Waals surface area (Å²) in [5, 5.41) is 8.81. The van der Waals surface area contributed by atoms with E-state index in [1.807, 2.05) is 6.07 Å². The summed E-state index contributed by atoms with van der Waals surface area (Å²) in [5.41, 5.74) is 0.272. The monoisotopic (exact) mass is 219 g/mol. The summed E-state index contributed by atoms with van der Waals surface area (Å²) in [7, 11) is 0. The molecule has 0 unspecified atom stereocenters. The molecule has 0 atom stereocenters. The van der Waals surface area contributed by atoms with Gasteiger partial charge in [0.1, 0.15) is 17.6 Å². The molecule has 1 aliphatic carbocycles. The predicted molar refractivity (Wildman–Crippen MR) is 58.6 cm³/mol. The number of benzene rings is 1. The third-order valence-corrected chi connectivity index (χ3v) is 3.07. The van der Waals surface area contributed by atoms with Gasteiger partial charge in [0.15, 0.2) is 0 Å². The van der Waals surface area contributed by atoms with Crippen LogP contribution in [-0.4, -0.2) is 6.61 Å². The van der Waals surface area contributed by atoms with Gasteiger partial charge in [-0.2, -0.15) is 5.26 Å². The highest BCUT2D eigenvalue weighted by molar-refractivity contribution is 5.42. The quantitative estimate of drug-likeness (QED) is 0.778. The maximum Gasteiger partial charge on any atom is 0.137 e. The molecule has 0 aliphatic heterocycles. The topological polar surface area (TPSA) is 33.0 Å². The van der Waals surface area contributed by atoms with Crippen molar-refractivity contribution in [3.05, 3.63) is 29.6 Å². The van der Waals surface area contributed by atoms with Crippen molar-refractivity contribution in [2.45, 2.75) is 25.7 Å². The number of hydrogen-bond acceptors (Lipinski definition) is 2. The fraction of sp³-hybridized carbons (Fsp3) is 0.462. The molecule has 0 N–H and O–H groups in total. The van der Waals surface area contributed by atoms with Crippen LogP contribution in [0.5, 0.6) is 5.75 Å². The number of nitriles is 1. The molecule has 1 aromatic rings. The van der Waals surface area contributed by atoms with E-state index >= 15 is 0 Å². The average Bonchev–Trinajstić information content (AvgIpc) is 2.23. The molecule has 16 heavy (non-hydrogen) atoms. The lowest BCUT2D eigenvalue weighted by Crippen LogP contribution is -2.14. The van der Waals surface area contributed by atoms with E-state index in [9.17, 15) is 4.39 Å². The van der Waals surface area contributed by atoms with Gasteiger partial charge in [-0.05, 0) is 30.5 Å². The SMILES string of the molecule is N#Cc1cc(F)ccc1OCCC1CCC1. The van der Waals surface area contributed by atoms with E-state index in [4.69, 9.17) is 10.00 Å². The van der Waals surface area contributed by atoms with E-state index in [0.717, 1.165) is 12.3 Å². The third-order valence-electron chi connectivity index (χ3n) is 3.07. The summed E-state index contributed by atoms with van der Waals surface area (Å²) in [6.45, 7) is 0.616. The molecule has 1 fully saturated rings. The van der Waals surface area contributed by atoms with Crippen LogP contribution in [0.15, 0.2) is 18.2 Å². The van der Waals surface area contributed by atoms with Crippen LogP contribution in [0.4, 0.5) is 4.39 Å². The molecule has 2 rings (SSSR count). The van der Waals surface area contributed by atoms with Gasteiger partial charge in [0, 0.05) is 0 Å². The summed E-state index contributed by atoms with van der Waals surface area (Å²) in [6, 6.07) is 5.99. The molecular weight excluding hydrogens is 205 g/mol. The van der Waals surface area contributed by atoms with Crippen LogP contribution in [-0.2, 0) is 0 Å². The Balaban J connectivity index is 1.90. The summed E-state index contributed by atoms with van der Waals surface area (Å²) in [5.74, 6) is 0.872. The van der Waals surface area contributed by atoms with Gasteiger partial charge in [0.25, 0.3) is 0 Å². The van der Waals surface area contributed by atoms with E-state index < -0.39 is 5.82 Å². The van der Waals surface area contributed by atoms with Crippen LogP contribution < -0.4 is 4.74 Å². The molecule has 0 aromatic heterocycles. The van der Waals surface area contributed by atoms with Crippen molar-refractivity contribution in [3.63, 3.8) is 0 Å². The highest BCUT2D eigenvalue weighted by Crippen LogP contribution is 2.29. The number of ether oxygens (including phenoxy) is 1. The molecule has 2 nitrogen and oxygen atoms in total. The molecule has 3 heteroatoms. The van der Waals surface area contributed by atoms with Gasteiger partial charge in [-0.3, -0.25) is 0 Å². The second-order valence-corrected chi connectivity index (χ2v) is 4.19. The van der Waals surface area contributed by atoms with Gasteiger partial charge in [-0.15, -0.1) is 0 Å². The molecule has 0 heterocycles. The number of halogens is 1. The Morgan fingerprint density at radius 2 is 2.25 bits per heavy atom. The van der Waals surface area contributed by atoms with E-state index in [0.29, 0.717) is 12.4 Å². The van der Waals surface area contributed by atoms with Crippen molar-refractivity contribution in [2.75, 3.05) is 6.61 Å². The first-order valence-corrected chi connectivity index (χ1v) is 5.62. The highest BCUT2D eigenvalue weighted by atomic mass is 19.1. The number of nitrogens with zero attached hydrogens (tertiary/aromatic N) is 1. The molecule has 1 saturated carbocycles. The Labute approximate surface area is 94.7 Å². The van der Waals surface area contributed by atoms with Crippen LogP contribution >= 0.6 is 0 Å². The van der Waals surface area contributed by atoms with Crippen molar-refractivity contribution in [1.29, 1.82) is 5.26 Å². The zero-order valence-corrected chi connectivity index (χ0v) is 9.08. The standard InChI is InChI=1S/C13H14FNO/c14-12-4-5-13(11(8-12)9-15)16-7-6-10-2-1-3-10/h4-5,8,10H,1-3,6-7H2. The predicted octanol–water partition coefficient (Wildman–Crippen LogP) is 3.27. The van der Waals surface area contributed by atoms with E-state index in [1.54, 1.807) is 0 Å². The lowest BCUT2D eigenvalue weighted by atomic mass is 9.83. The van der Waals surface area contributed by atoms with Crippen LogP contribution in [0.1, 0.15) is 31.2 Å². The zero-order valence-electron chi connectivity index (χ0n) is 9.08. The van der Waals surface area contributed by atoms with Crippen molar-refractivity contribution >= 4 is 0 Å². The minimum Gasteiger partial charge on any atom is -0.492 e. The summed E-state index contributed by atoms with van der Waals surface area (Å²) >= 11 is 0. The third kappa shape index (κ3) is 2.52. The van der Waals surface area contributed by atoms with Crippen LogP contribution in [0.2, 0.25) is 0 Å². The molecule has 0 spiro atoms. The van der Waals surface area contributed by atoms with Crippen LogP contribution in [0, 0.1) is 23.1 Å². The molecular formula is C13H14FNO. The molecule has 0 radical (unpaired) electrons. The van der Waals surface area contributed by atoms with E-state index in [2.05, 4.69) is 0 Å². The Bertz CT molecular complexity index is 407. The van der Waals surface area contributed by atoms with Gasteiger partial charge < -0.3 is 4.74 Å². The maximum atomic E-state index is 12.8. The fourth-order valence-corrected chi connectivity index (χ4v) is 1.83. The van der Waals surface area contributed by atoms with Gasteiger partial charge in [0.2, 0.25) is 0 Å². The molecule has 1 aliphatic rings. The van der Waals surface area contributed by atoms with Crippen molar-refractivity contribution < 1.29 is 9.13 Å². The van der Waals surface area contributed by atoms with Crippen LogP contribution in [0.3, 0.4) is 0 Å². The second-order valence-electron chi connectivity index (χ2n) is 4.19. The minimum atomic E-state index is -0.400. The van der Waals surface area contributed by atoms with E-state index in [1.165, 1.54) is 37.5 Å². The van der Waals surface area contributed by atoms with Gasteiger partial charge in [-0.25, -0.2) is 4.39 Å². The lowest BCUT2D eigenvalue weighted by molar-refractivity contribution is 0.221. The van der Waals surface area contributed by atoms with Crippen molar-refractivity contribution in [3.8, 4) is 11.8 Å². The highest BCUT2D eigenvalue weighted by Gasteiger charge is 2.17. The zero-order chi connectivity index (χ0) is 11.4. The largest absolute Gasteiger partial charge is 0.492 e. The van der Waals surface area contributed by atoms with Crippen molar-refractivity contribution in [2.24, 2.45) is 5.92 Å². The summed E-state index contributed by atoms with van der Waals surface area (Å²) in [4.78, 5) is 0. The number of rotatable bonds is 4. The summed E-state index contributed by atoms with van der Waals surface area (Å²) in [6.07, 6.45) is 4.93. The second kappa shape index (κ2) is 4.98. The van der Waals surface area contributed by atoms with E-state index in [-0.39, 0.29) is 5.56 Å². The average molecular weight is 219 g/mol. The first kappa shape index (κ1) is 10.9. The molecule has 1 aromatic carbocycles. The Morgan fingerprint density at radius 3 is 2.88 bits per heavy atom. The van der Waals surface area contributed by atoms with Gasteiger partial charge in [0.05, 0.1) is 12.2 Å². The molecule has 0 amide bonds. The molecule has 84 valence electrons. The molecule has 0 saturated heterocycles. The number of hydrogen-bond donors (Lipinski definition) is 0. The lowest BCUT2D eigenvalue weighted by Gasteiger charge is -2.25. The summed E-state index contributed by atoms with van der Waals surface area (Å²) < 4.78 is 18.3. The Kier molecular flexibility index (Phi) is 3.40. The normalized spacial score (nSPS) is 15.2. The Hall–Kier alpha value is -1.56. The minimum absolute atomic E-state index is 0.272. The first-order chi connectivity index (χ1) is 7.79. The van der Waals surface area contributed by atoms with Gasteiger partial charge >= 0.3 is 0 Å². The van der Waals surface area contributed by atoms with Gasteiger partial charge in [-0.1, -0.05) is 19.3 Å². The van der Waals surface area contributed by atoms with Crippen LogP contribution in [0.25, 0.3) is 0 Å². The maximum absolute atomic E-state index is 12.8. The first-order valence-electron chi connectivity index (χ1n) is 5.62. The molecule has 0 bridgehead atoms.